The molecule has 4 aromatic rings. The van der Waals surface area contributed by atoms with Crippen LogP contribution in [0, 0.1) is 6.92 Å². The van der Waals surface area contributed by atoms with E-state index in [1.54, 1.807) is 24.7 Å². The fourth-order valence-electron chi connectivity index (χ4n) is 2.98. The molecule has 0 spiro atoms. The van der Waals surface area contributed by atoms with Crippen LogP contribution in [0.3, 0.4) is 0 Å². The molecule has 0 atom stereocenters. The van der Waals surface area contributed by atoms with Crippen molar-refractivity contribution in [3.8, 4) is 11.3 Å². The molecular weight excluding hydrogens is 380 g/mol. The van der Waals surface area contributed by atoms with Crippen LogP contribution in [0.25, 0.3) is 22.0 Å². The number of hydrazine groups is 1. The number of fused-ring (bicyclic) bond motifs is 1. The van der Waals surface area contributed by atoms with Crippen molar-refractivity contribution in [2.24, 2.45) is 0 Å². The summed E-state index contributed by atoms with van der Waals surface area (Å²) in [6.45, 7) is 1.90. The lowest BCUT2D eigenvalue weighted by Gasteiger charge is -2.12. The van der Waals surface area contributed by atoms with E-state index in [1.165, 1.54) is 0 Å². The van der Waals surface area contributed by atoms with Gasteiger partial charge in [-0.15, -0.1) is 0 Å². The Kier molecular flexibility index (Phi) is 5.00. The molecule has 0 aliphatic carbocycles. The Morgan fingerprint density at radius 1 is 1.03 bits per heavy atom. The van der Waals surface area contributed by atoms with Gasteiger partial charge in [-0.1, -0.05) is 18.2 Å². The maximum Gasteiger partial charge on any atom is 0.339 e. The van der Waals surface area contributed by atoms with E-state index in [0.717, 1.165) is 22.2 Å². The van der Waals surface area contributed by atoms with Crippen molar-refractivity contribution in [3.05, 3.63) is 66.6 Å². The Balaban J connectivity index is 1.58. The van der Waals surface area contributed by atoms with Crippen molar-refractivity contribution < 1.29 is 4.79 Å². The highest BCUT2D eigenvalue weighted by atomic mass is 16.2. The SMILES string of the molecule is Cc1c(N)cncc1-c1cc2cc(NC(=O)NNc3ccccc3)ncc2c(N)n1. The van der Waals surface area contributed by atoms with E-state index >= 15 is 0 Å². The maximum absolute atomic E-state index is 12.2. The van der Waals surface area contributed by atoms with Crippen molar-refractivity contribution in [3.63, 3.8) is 0 Å². The van der Waals surface area contributed by atoms with Gasteiger partial charge in [-0.25, -0.2) is 14.8 Å². The molecule has 0 bridgehead atoms. The molecule has 150 valence electrons. The zero-order valence-electron chi connectivity index (χ0n) is 16.2. The van der Waals surface area contributed by atoms with E-state index in [9.17, 15) is 4.79 Å². The van der Waals surface area contributed by atoms with Crippen molar-refractivity contribution >= 4 is 39.8 Å². The number of amides is 2. The Hall–Kier alpha value is -4.40. The van der Waals surface area contributed by atoms with Crippen molar-refractivity contribution in [2.45, 2.75) is 6.92 Å². The number of para-hydroxylation sites is 1. The summed E-state index contributed by atoms with van der Waals surface area (Å²) in [5.41, 5.74) is 21.1. The van der Waals surface area contributed by atoms with Gasteiger partial charge in [-0.05, 0) is 42.1 Å². The molecule has 0 fully saturated rings. The third-order valence-corrected chi connectivity index (χ3v) is 4.61. The molecule has 3 heterocycles. The molecule has 2 amide bonds. The number of pyridine rings is 3. The van der Waals surface area contributed by atoms with Crippen LogP contribution in [0.5, 0.6) is 0 Å². The highest BCUT2D eigenvalue weighted by Gasteiger charge is 2.11. The minimum Gasteiger partial charge on any atom is -0.397 e. The number of hydrogen-bond acceptors (Lipinski definition) is 7. The van der Waals surface area contributed by atoms with E-state index < -0.39 is 6.03 Å². The molecule has 3 aromatic heterocycles. The van der Waals surface area contributed by atoms with Crippen molar-refractivity contribution in [2.75, 3.05) is 22.2 Å². The zero-order valence-corrected chi connectivity index (χ0v) is 16.2. The number of benzene rings is 1. The summed E-state index contributed by atoms with van der Waals surface area (Å²) < 4.78 is 0. The normalized spacial score (nSPS) is 10.6. The number of nitrogen functional groups attached to an aromatic ring is 2. The van der Waals surface area contributed by atoms with E-state index in [4.69, 9.17) is 11.5 Å². The van der Waals surface area contributed by atoms with Gasteiger partial charge in [0.15, 0.2) is 0 Å². The minimum atomic E-state index is -0.455. The summed E-state index contributed by atoms with van der Waals surface area (Å²) in [7, 11) is 0. The van der Waals surface area contributed by atoms with Gasteiger partial charge in [0.25, 0.3) is 0 Å². The lowest BCUT2D eigenvalue weighted by molar-refractivity contribution is 0.253. The molecule has 0 saturated carbocycles. The summed E-state index contributed by atoms with van der Waals surface area (Å²) in [4.78, 5) is 25.0. The molecule has 9 heteroatoms. The molecular formula is C21H20N8O. The van der Waals surface area contributed by atoms with E-state index in [0.29, 0.717) is 28.4 Å². The van der Waals surface area contributed by atoms with Crippen LogP contribution in [0.1, 0.15) is 5.56 Å². The number of nitrogens with one attached hydrogen (secondary N) is 3. The largest absolute Gasteiger partial charge is 0.397 e. The summed E-state index contributed by atoms with van der Waals surface area (Å²) in [6, 6.07) is 12.4. The molecule has 0 unspecified atom stereocenters. The average Bonchev–Trinajstić information content (AvgIpc) is 2.74. The van der Waals surface area contributed by atoms with Crippen molar-refractivity contribution in [1.29, 1.82) is 0 Å². The topological polar surface area (TPSA) is 144 Å². The lowest BCUT2D eigenvalue weighted by atomic mass is 10.0. The number of carbonyl (C=O) groups is 1. The van der Waals surface area contributed by atoms with Gasteiger partial charge in [0.05, 0.1) is 23.3 Å². The van der Waals surface area contributed by atoms with Gasteiger partial charge in [0.1, 0.15) is 11.6 Å². The van der Waals surface area contributed by atoms with Gasteiger partial charge < -0.3 is 11.5 Å². The molecule has 0 aliphatic rings. The second-order valence-electron chi connectivity index (χ2n) is 6.65. The first-order chi connectivity index (χ1) is 14.5. The van der Waals surface area contributed by atoms with Crippen LogP contribution in [-0.4, -0.2) is 21.0 Å². The van der Waals surface area contributed by atoms with Gasteiger partial charge in [0.2, 0.25) is 0 Å². The monoisotopic (exact) mass is 400 g/mol. The van der Waals surface area contributed by atoms with Crippen molar-refractivity contribution in [1.82, 2.24) is 20.4 Å². The number of carbonyl (C=O) groups excluding carboxylic acids is 1. The highest BCUT2D eigenvalue weighted by Crippen LogP contribution is 2.30. The first-order valence-corrected chi connectivity index (χ1v) is 9.16. The molecule has 30 heavy (non-hydrogen) atoms. The number of nitrogens with zero attached hydrogens (tertiary/aromatic N) is 3. The molecule has 1 aromatic carbocycles. The second-order valence-corrected chi connectivity index (χ2v) is 6.65. The maximum atomic E-state index is 12.2. The second kappa shape index (κ2) is 7.92. The summed E-state index contributed by atoms with van der Waals surface area (Å²) in [5.74, 6) is 0.701. The molecule has 0 aliphatic heterocycles. The quantitative estimate of drug-likeness (QED) is 0.331. The molecule has 4 rings (SSSR count). The molecule has 9 nitrogen and oxygen atoms in total. The number of hydrogen-bond donors (Lipinski definition) is 5. The Morgan fingerprint density at radius 2 is 1.83 bits per heavy atom. The van der Waals surface area contributed by atoms with Crippen LogP contribution in [0.4, 0.5) is 27.8 Å². The zero-order chi connectivity index (χ0) is 21.1. The number of urea groups is 1. The number of aromatic nitrogens is 3. The summed E-state index contributed by atoms with van der Waals surface area (Å²) in [6.07, 6.45) is 4.87. The van der Waals surface area contributed by atoms with Crippen LogP contribution >= 0.6 is 0 Å². The standard InChI is InChI=1S/C21H20N8O/c1-12-15(9-24-11-17(12)22)18-7-13-8-19(25-10-16(13)20(23)26-18)27-21(30)29-28-14-5-3-2-4-6-14/h2-11,28H,22H2,1H3,(H2,23,26)(H2,25,27,29,30). The third kappa shape index (κ3) is 3.90. The van der Waals surface area contributed by atoms with Gasteiger partial charge in [-0.2, -0.15) is 0 Å². The fourth-order valence-corrected chi connectivity index (χ4v) is 2.98. The summed E-state index contributed by atoms with van der Waals surface area (Å²) in [5, 5.41) is 4.15. The average molecular weight is 400 g/mol. The van der Waals surface area contributed by atoms with E-state index in [2.05, 4.69) is 31.1 Å². The molecule has 0 saturated heterocycles. The van der Waals surface area contributed by atoms with E-state index in [-0.39, 0.29) is 0 Å². The number of nitrogens with two attached hydrogens (primary N) is 2. The fraction of sp³-hybridized carbons (Fsp3) is 0.0476. The first-order valence-electron chi connectivity index (χ1n) is 9.16. The summed E-state index contributed by atoms with van der Waals surface area (Å²) >= 11 is 0. The van der Waals surface area contributed by atoms with Gasteiger partial charge in [0, 0.05) is 23.3 Å². The molecule has 0 radical (unpaired) electrons. The first kappa shape index (κ1) is 18.9. The predicted molar refractivity (Wildman–Crippen MR) is 119 cm³/mol. The van der Waals surface area contributed by atoms with Crippen LogP contribution < -0.4 is 27.6 Å². The minimum absolute atomic E-state index is 0.332. The number of anilines is 4. The third-order valence-electron chi connectivity index (χ3n) is 4.61. The Labute approximate surface area is 172 Å². The van der Waals surface area contributed by atoms with Crippen LogP contribution in [0.2, 0.25) is 0 Å². The van der Waals surface area contributed by atoms with Gasteiger partial charge >= 0.3 is 6.03 Å². The highest BCUT2D eigenvalue weighted by molar-refractivity contribution is 5.97. The van der Waals surface area contributed by atoms with Crippen LogP contribution in [-0.2, 0) is 0 Å². The Morgan fingerprint density at radius 3 is 2.63 bits per heavy atom. The predicted octanol–water partition coefficient (Wildman–Crippen LogP) is 3.31. The van der Waals surface area contributed by atoms with Crippen LogP contribution in [0.15, 0.2) is 61.1 Å². The number of rotatable bonds is 4. The smallest absolute Gasteiger partial charge is 0.339 e. The Bertz CT molecular complexity index is 1230. The molecule has 7 N–H and O–H groups in total. The van der Waals surface area contributed by atoms with Gasteiger partial charge in [-0.3, -0.25) is 21.2 Å². The van der Waals surface area contributed by atoms with E-state index in [1.807, 2.05) is 43.3 Å². The lowest BCUT2D eigenvalue weighted by Crippen LogP contribution is -2.33.